The van der Waals surface area contributed by atoms with Gasteiger partial charge in [0.25, 0.3) is 0 Å². The number of phenols is 1. The zero-order valence-corrected chi connectivity index (χ0v) is 10.6. The molecule has 0 atom stereocenters. The summed E-state index contributed by atoms with van der Waals surface area (Å²) in [6.45, 7) is 2.24. The molecular weight excluding hydrogens is 228 g/mol. The molecule has 3 nitrogen and oxygen atoms in total. The number of carbonyl (C=O) groups excluding carboxylic acids is 1. The molecule has 3 heteroatoms. The molecule has 18 heavy (non-hydrogen) atoms. The second-order valence-corrected chi connectivity index (χ2v) is 4.88. The summed E-state index contributed by atoms with van der Waals surface area (Å²) in [5.41, 5.74) is 1.38. The quantitative estimate of drug-likeness (QED) is 0.640. The number of carbonyl (C=O) groups is 1. The van der Waals surface area contributed by atoms with Gasteiger partial charge in [-0.1, -0.05) is 19.1 Å². The third-order valence-electron chi connectivity index (χ3n) is 3.37. The topological polar surface area (TPSA) is 46.5 Å². The molecule has 1 fully saturated rings. The molecular formula is C15H18O3. The van der Waals surface area contributed by atoms with Gasteiger partial charge in [0.05, 0.1) is 6.26 Å². The number of allylic oxidation sites excluding steroid dienone is 1. The SMILES string of the molecule is CC1CCC(=COC(=O)c2ccccc2O)CC1. The minimum Gasteiger partial charge on any atom is -0.507 e. The normalized spacial score (nSPS) is 19.4. The van der Waals surface area contributed by atoms with E-state index in [1.165, 1.54) is 11.6 Å². The lowest BCUT2D eigenvalue weighted by atomic mass is 9.88. The highest BCUT2D eigenvalue weighted by atomic mass is 16.5. The zero-order chi connectivity index (χ0) is 13.0. The first-order valence-corrected chi connectivity index (χ1v) is 6.33. The summed E-state index contributed by atoms with van der Waals surface area (Å²) in [6, 6.07) is 6.41. The highest BCUT2D eigenvalue weighted by Crippen LogP contribution is 2.27. The van der Waals surface area contributed by atoms with Gasteiger partial charge < -0.3 is 9.84 Å². The molecule has 1 aromatic rings. The van der Waals surface area contributed by atoms with Crippen molar-refractivity contribution in [3.8, 4) is 5.75 Å². The molecule has 2 rings (SSSR count). The van der Waals surface area contributed by atoms with Crippen LogP contribution in [0.1, 0.15) is 43.0 Å². The van der Waals surface area contributed by atoms with Crippen molar-refractivity contribution in [2.24, 2.45) is 5.92 Å². The van der Waals surface area contributed by atoms with Gasteiger partial charge >= 0.3 is 5.97 Å². The van der Waals surface area contributed by atoms with Crippen LogP contribution in [0.15, 0.2) is 36.1 Å². The van der Waals surface area contributed by atoms with Crippen LogP contribution >= 0.6 is 0 Å². The second kappa shape index (κ2) is 5.71. The summed E-state index contributed by atoms with van der Waals surface area (Å²) in [4.78, 5) is 11.7. The Kier molecular flexibility index (Phi) is 4.03. The third kappa shape index (κ3) is 3.13. The predicted octanol–water partition coefficient (Wildman–Crippen LogP) is 3.64. The predicted molar refractivity (Wildman–Crippen MR) is 69.2 cm³/mol. The molecule has 0 bridgehead atoms. The molecule has 0 radical (unpaired) electrons. The van der Waals surface area contributed by atoms with E-state index >= 15 is 0 Å². The molecule has 0 saturated heterocycles. The van der Waals surface area contributed by atoms with E-state index in [1.807, 2.05) is 0 Å². The van der Waals surface area contributed by atoms with Crippen LogP contribution in [0.2, 0.25) is 0 Å². The molecule has 0 aromatic heterocycles. The molecule has 0 aliphatic heterocycles. The lowest BCUT2D eigenvalue weighted by Gasteiger charge is -2.19. The summed E-state index contributed by atoms with van der Waals surface area (Å²) in [6.07, 6.45) is 5.85. The van der Waals surface area contributed by atoms with Gasteiger partial charge in [-0.2, -0.15) is 0 Å². The Balaban J connectivity index is 1.96. The highest BCUT2D eigenvalue weighted by molar-refractivity contribution is 5.92. The van der Waals surface area contributed by atoms with Crippen LogP contribution in [-0.2, 0) is 4.74 Å². The number of para-hydroxylation sites is 1. The molecule has 1 N–H and O–H groups in total. The van der Waals surface area contributed by atoms with Crippen LogP contribution in [0, 0.1) is 5.92 Å². The van der Waals surface area contributed by atoms with E-state index in [1.54, 1.807) is 24.5 Å². The summed E-state index contributed by atoms with van der Waals surface area (Å²) in [5, 5.41) is 9.53. The average molecular weight is 246 g/mol. The first-order valence-electron chi connectivity index (χ1n) is 6.33. The van der Waals surface area contributed by atoms with E-state index < -0.39 is 5.97 Å². The van der Waals surface area contributed by atoms with Crippen LogP contribution in [0.3, 0.4) is 0 Å². The van der Waals surface area contributed by atoms with Crippen molar-refractivity contribution >= 4 is 5.97 Å². The first-order chi connectivity index (χ1) is 8.66. The number of hydrogen-bond donors (Lipinski definition) is 1. The number of hydrogen-bond acceptors (Lipinski definition) is 3. The van der Waals surface area contributed by atoms with Crippen LogP contribution in [0.5, 0.6) is 5.75 Å². The van der Waals surface area contributed by atoms with E-state index in [0.29, 0.717) is 0 Å². The fourth-order valence-corrected chi connectivity index (χ4v) is 2.10. The third-order valence-corrected chi connectivity index (χ3v) is 3.37. The van der Waals surface area contributed by atoms with E-state index in [2.05, 4.69) is 6.92 Å². The zero-order valence-electron chi connectivity index (χ0n) is 10.6. The second-order valence-electron chi connectivity index (χ2n) is 4.88. The molecule has 1 saturated carbocycles. The number of aromatic hydroxyl groups is 1. The molecule has 96 valence electrons. The fourth-order valence-electron chi connectivity index (χ4n) is 2.10. The number of phenolic OH excluding ortho intramolecular Hbond substituents is 1. The van der Waals surface area contributed by atoms with Crippen LogP contribution < -0.4 is 0 Å². The Bertz CT molecular complexity index is 453. The summed E-state index contributed by atoms with van der Waals surface area (Å²) in [5.74, 6) is 0.216. The van der Waals surface area contributed by atoms with Crippen molar-refractivity contribution in [1.29, 1.82) is 0 Å². The van der Waals surface area contributed by atoms with Crippen molar-refractivity contribution in [3.05, 3.63) is 41.7 Å². The monoisotopic (exact) mass is 246 g/mol. The van der Waals surface area contributed by atoms with E-state index in [-0.39, 0.29) is 11.3 Å². The maximum Gasteiger partial charge on any atom is 0.346 e. The number of rotatable bonds is 2. The van der Waals surface area contributed by atoms with Crippen molar-refractivity contribution < 1.29 is 14.6 Å². The smallest absolute Gasteiger partial charge is 0.346 e. The van der Waals surface area contributed by atoms with Crippen molar-refractivity contribution in [3.63, 3.8) is 0 Å². The van der Waals surface area contributed by atoms with E-state index in [4.69, 9.17) is 4.74 Å². The Labute approximate surface area is 107 Å². The number of esters is 1. The summed E-state index contributed by atoms with van der Waals surface area (Å²) >= 11 is 0. The van der Waals surface area contributed by atoms with Crippen LogP contribution in [0.25, 0.3) is 0 Å². The van der Waals surface area contributed by atoms with Crippen molar-refractivity contribution in [1.82, 2.24) is 0 Å². The number of ether oxygens (including phenoxy) is 1. The minimum absolute atomic E-state index is 0.0434. The number of benzene rings is 1. The van der Waals surface area contributed by atoms with Crippen LogP contribution in [-0.4, -0.2) is 11.1 Å². The molecule has 0 spiro atoms. The average Bonchev–Trinajstić information content (AvgIpc) is 2.38. The Morgan fingerprint density at radius 3 is 2.67 bits per heavy atom. The summed E-state index contributed by atoms with van der Waals surface area (Å²) < 4.78 is 5.12. The fraction of sp³-hybridized carbons (Fsp3) is 0.400. The maximum absolute atomic E-state index is 11.7. The van der Waals surface area contributed by atoms with Gasteiger partial charge in [-0.25, -0.2) is 4.79 Å². The molecule has 0 unspecified atom stereocenters. The summed E-state index contributed by atoms with van der Waals surface area (Å²) in [7, 11) is 0. The molecule has 1 aliphatic carbocycles. The van der Waals surface area contributed by atoms with Gasteiger partial charge in [0.1, 0.15) is 11.3 Å². The van der Waals surface area contributed by atoms with E-state index in [9.17, 15) is 9.90 Å². The van der Waals surface area contributed by atoms with Gasteiger partial charge in [0.15, 0.2) is 0 Å². The van der Waals surface area contributed by atoms with Crippen LogP contribution in [0.4, 0.5) is 0 Å². The molecule has 0 heterocycles. The van der Waals surface area contributed by atoms with Gasteiger partial charge in [-0.15, -0.1) is 0 Å². The van der Waals surface area contributed by atoms with E-state index in [0.717, 1.165) is 31.6 Å². The molecule has 1 aliphatic rings. The van der Waals surface area contributed by atoms with Gasteiger partial charge in [0.2, 0.25) is 0 Å². The standard InChI is InChI=1S/C15H18O3/c1-11-6-8-12(9-7-11)10-18-15(17)13-4-2-3-5-14(13)16/h2-5,10-11,16H,6-9H2,1H3. The van der Waals surface area contributed by atoms with Crippen molar-refractivity contribution in [2.75, 3.05) is 0 Å². The molecule has 0 amide bonds. The largest absolute Gasteiger partial charge is 0.507 e. The Morgan fingerprint density at radius 2 is 2.00 bits per heavy atom. The Hall–Kier alpha value is -1.77. The van der Waals surface area contributed by atoms with Gasteiger partial charge in [0, 0.05) is 0 Å². The maximum atomic E-state index is 11.7. The minimum atomic E-state index is -0.501. The lowest BCUT2D eigenvalue weighted by molar-refractivity contribution is 0.0655. The Morgan fingerprint density at radius 1 is 1.33 bits per heavy atom. The lowest BCUT2D eigenvalue weighted by Crippen LogP contribution is -2.06. The first kappa shape index (κ1) is 12.7. The highest BCUT2D eigenvalue weighted by Gasteiger charge is 2.14. The van der Waals surface area contributed by atoms with Gasteiger partial charge in [-0.3, -0.25) is 0 Å². The molecule has 1 aromatic carbocycles. The van der Waals surface area contributed by atoms with Gasteiger partial charge in [-0.05, 0) is 49.3 Å². The van der Waals surface area contributed by atoms with Crippen molar-refractivity contribution in [2.45, 2.75) is 32.6 Å².